The molecular formula is C6H12N2O2. The standard InChI is InChI=1S/C6H12N2O2/c1-6(2)5(7)8(9)3-4-10-6/h7,9H,3-4H2,1-2H3. The number of amidine groups is 1. The number of ether oxygens (including phenoxy) is 1. The normalized spacial score (nSPS) is 25.1. The number of nitrogens with one attached hydrogen (secondary N) is 1. The Labute approximate surface area is 59.9 Å². The first kappa shape index (κ1) is 7.50. The summed E-state index contributed by atoms with van der Waals surface area (Å²) in [6, 6.07) is 0. The van der Waals surface area contributed by atoms with Crippen LogP contribution in [0.4, 0.5) is 0 Å². The summed E-state index contributed by atoms with van der Waals surface area (Å²) in [5, 5.41) is 17.3. The van der Waals surface area contributed by atoms with Crippen LogP contribution in [0.3, 0.4) is 0 Å². The van der Waals surface area contributed by atoms with E-state index in [-0.39, 0.29) is 5.84 Å². The van der Waals surface area contributed by atoms with Crippen molar-refractivity contribution in [3.63, 3.8) is 0 Å². The van der Waals surface area contributed by atoms with Crippen molar-refractivity contribution in [2.45, 2.75) is 19.4 Å². The molecule has 0 spiro atoms. The van der Waals surface area contributed by atoms with Crippen molar-refractivity contribution < 1.29 is 9.94 Å². The summed E-state index contributed by atoms with van der Waals surface area (Å²) in [5.74, 6) is 0.124. The molecule has 0 aromatic rings. The number of rotatable bonds is 0. The zero-order chi connectivity index (χ0) is 7.78. The molecule has 10 heavy (non-hydrogen) atoms. The minimum Gasteiger partial charge on any atom is -0.366 e. The van der Waals surface area contributed by atoms with Crippen LogP contribution in [0, 0.1) is 5.41 Å². The van der Waals surface area contributed by atoms with Crippen molar-refractivity contribution in [2.75, 3.05) is 13.2 Å². The monoisotopic (exact) mass is 144 g/mol. The molecule has 0 aromatic heterocycles. The highest BCUT2D eigenvalue weighted by Gasteiger charge is 2.32. The summed E-state index contributed by atoms with van der Waals surface area (Å²) in [6.45, 7) is 4.39. The first-order valence-corrected chi connectivity index (χ1v) is 3.23. The predicted molar refractivity (Wildman–Crippen MR) is 36.3 cm³/mol. The van der Waals surface area contributed by atoms with Crippen LogP contribution in [0.1, 0.15) is 13.8 Å². The van der Waals surface area contributed by atoms with E-state index in [9.17, 15) is 0 Å². The average molecular weight is 144 g/mol. The predicted octanol–water partition coefficient (Wildman–Crippen LogP) is 0.464. The second-order valence-electron chi connectivity index (χ2n) is 2.83. The summed E-state index contributed by atoms with van der Waals surface area (Å²) in [5.41, 5.74) is -0.632. The van der Waals surface area contributed by atoms with Crippen LogP contribution in [0.2, 0.25) is 0 Å². The molecule has 0 amide bonds. The third-order valence-electron chi connectivity index (χ3n) is 1.59. The van der Waals surface area contributed by atoms with E-state index in [1.807, 2.05) is 0 Å². The van der Waals surface area contributed by atoms with E-state index < -0.39 is 5.60 Å². The van der Waals surface area contributed by atoms with Gasteiger partial charge in [0.05, 0.1) is 13.2 Å². The van der Waals surface area contributed by atoms with E-state index in [0.29, 0.717) is 13.2 Å². The van der Waals surface area contributed by atoms with Gasteiger partial charge in [0.25, 0.3) is 0 Å². The Morgan fingerprint density at radius 3 is 2.70 bits per heavy atom. The van der Waals surface area contributed by atoms with Gasteiger partial charge in [-0.2, -0.15) is 0 Å². The lowest BCUT2D eigenvalue weighted by atomic mass is 10.1. The molecule has 4 heteroatoms. The molecule has 1 saturated heterocycles. The molecule has 0 radical (unpaired) electrons. The van der Waals surface area contributed by atoms with E-state index in [0.717, 1.165) is 5.06 Å². The average Bonchev–Trinajstić information content (AvgIpc) is 1.83. The molecule has 1 aliphatic heterocycles. The highest BCUT2D eigenvalue weighted by Crippen LogP contribution is 2.16. The number of hydroxylamine groups is 2. The van der Waals surface area contributed by atoms with Gasteiger partial charge in [0.1, 0.15) is 5.60 Å². The second-order valence-corrected chi connectivity index (χ2v) is 2.83. The number of nitrogens with zero attached hydrogens (tertiary/aromatic N) is 1. The Bertz CT molecular complexity index is 156. The van der Waals surface area contributed by atoms with Gasteiger partial charge in [-0.3, -0.25) is 10.6 Å². The molecule has 58 valence electrons. The van der Waals surface area contributed by atoms with Crippen molar-refractivity contribution in [3.8, 4) is 0 Å². The molecule has 0 atom stereocenters. The maximum Gasteiger partial charge on any atom is 0.152 e. The number of morpholine rings is 1. The Morgan fingerprint density at radius 1 is 1.70 bits per heavy atom. The third kappa shape index (κ3) is 1.12. The molecule has 1 fully saturated rings. The van der Waals surface area contributed by atoms with E-state index in [1.54, 1.807) is 13.8 Å². The van der Waals surface area contributed by atoms with E-state index in [2.05, 4.69) is 0 Å². The SMILES string of the molecule is CC1(C)OCCN(O)C1=N. The van der Waals surface area contributed by atoms with Crippen LogP contribution in [0.25, 0.3) is 0 Å². The van der Waals surface area contributed by atoms with Gasteiger partial charge in [0.15, 0.2) is 5.84 Å². The van der Waals surface area contributed by atoms with Crippen LogP contribution < -0.4 is 0 Å². The maximum absolute atomic E-state index is 9.04. The Morgan fingerprint density at radius 2 is 2.30 bits per heavy atom. The van der Waals surface area contributed by atoms with Gasteiger partial charge in [-0.05, 0) is 13.8 Å². The van der Waals surface area contributed by atoms with Gasteiger partial charge >= 0.3 is 0 Å². The van der Waals surface area contributed by atoms with Crippen LogP contribution in [-0.2, 0) is 4.74 Å². The van der Waals surface area contributed by atoms with Gasteiger partial charge in [-0.1, -0.05) is 0 Å². The Kier molecular flexibility index (Phi) is 1.66. The third-order valence-corrected chi connectivity index (χ3v) is 1.59. The fourth-order valence-electron chi connectivity index (χ4n) is 0.878. The molecule has 2 N–H and O–H groups in total. The van der Waals surface area contributed by atoms with Gasteiger partial charge in [-0.15, -0.1) is 0 Å². The molecule has 0 aromatic carbocycles. The highest BCUT2D eigenvalue weighted by atomic mass is 16.5. The van der Waals surface area contributed by atoms with Crippen molar-refractivity contribution in [2.24, 2.45) is 0 Å². The maximum atomic E-state index is 9.04. The summed E-state index contributed by atoms with van der Waals surface area (Å²) in [6.07, 6.45) is 0. The first-order valence-electron chi connectivity index (χ1n) is 3.23. The van der Waals surface area contributed by atoms with Crippen molar-refractivity contribution in [1.82, 2.24) is 5.06 Å². The van der Waals surface area contributed by atoms with Crippen LogP contribution in [0.15, 0.2) is 0 Å². The smallest absolute Gasteiger partial charge is 0.152 e. The van der Waals surface area contributed by atoms with Gasteiger partial charge in [-0.25, -0.2) is 5.06 Å². The largest absolute Gasteiger partial charge is 0.366 e. The van der Waals surface area contributed by atoms with Crippen LogP contribution in [0.5, 0.6) is 0 Å². The van der Waals surface area contributed by atoms with Crippen LogP contribution in [-0.4, -0.2) is 34.9 Å². The van der Waals surface area contributed by atoms with Crippen molar-refractivity contribution in [1.29, 1.82) is 5.41 Å². The minimum absolute atomic E-state index is 0.124. The lowest BCUT2D eigenvalue weighted by Crippen LogP contribution is -2.51. The molecular weight excluding hydrogens is 132 g/mol. The second kappa shape index (κ2) is 2.21. The van der Waals surface area contributed by atoms with E-state index in [1.165, 1.54) is 0 Å². The highest BCUT2D eigenvalue weighted by molar-refractivity contribution is 5.86. The first-order chi connectivity index (χ1) is 4.54. The van der Waals surface area contributed by atoms with E-state index in [4.69, 9.17) is 15.4 Å². The summed E-state index contributed by atoms with van der Waals surface area (Å²) in [7, 11) is 0. The van der Waals surface area contributed by atoms with Gasteiger partial charge < -0.3 is 4.74 Å². The lowest BCUT2D eigenvalue weighted by molar-refractivity contribution is -0.106. The quantitative estimate of drug-likeness (QED) is 0.519. The fraction of sp³-hybridized carbons (Fsp3) is 0.833. The summed E-state index contributed by atoms with van der Waals surface area (Å²) >= 11 is 0. The molecule has 1 heterocycles. The fourth-order valence-corrected chi connectivity index (χ4v) is 0.878. The van der Waals surface area contributed by atoms with Gasteiger partial charge in [0, 0.05) is 0 Å². The molecule has 4 nitrogen and oxygen atoms in total. The minimum atomic E-state index is -0.632. The zero-order valence-electron chi connectivity index (χ0n) is 6.22. The Hall–Kier alpha value is -0.610. The number of hydrogen-bond acceptors (Lipinski definition) is 3. The lowest BCUT2D eigenvalue weighted by Gasteiger charge is -2.35. The molecule has 1 aliphatic rings. The molecule has 0 aliphatic carbocycles. The van der Waals surface area contributed by atoms with Gasteiger partial charge in [0.2, 0.25) is 0 Å². The molecule has 0 bridgehead atoms. The van der Waals surface area contributed by atoms with Crippen LogP contribution >= 0.6 is 0 Å². The summed E-state index contributed by atoms with van der Waals surface area (Å²) in [4.78, 5) is 0. The Balaban J connectivity index is 2.70. The molecule has 1 rings (SSSR count). The van der Waals surface area contributed by atoms with E-state index >= 15 is 0 Å². The van der Waals surface area contributed by atoms with Crippen molar-refractivity contribution in [3.05, 3.63) is 0 Å². The van der Waals surface area contributed by atoms with Crippen molar-refractivity contribution >= 4 is 5.84 Å². The summed E-state index contributed by atoms with van der Waals surface area (Å²) < 4.78 is 5.22. The number of hydrogen-bond donors (Lipinski definition) is 2. The topological polar surface area (TPSA) is 56.6 Å². The molecule has 0 saturated carbocycles. The molecule has 0 unspecified atom stereocenters. The zero-order valence-corrected chi connectivity index (χ0v) is 6.22.